The molecule has 2 N–H and O–H groups in total. The highest BCUT2D eigenvalue weighted by atomic mass is 16.5. The Labute approximate surface area is 228 Å². The van der Waals surface area contributed by atoms with Crippen LogP contribution in [0.1, 0.15) is 21.6 Å². The van der Waals surface area contributed by atoms with E-state index in [2.05, 4.69) is 54.4 Å². The van der Waals surface area contributed by atoms with E-state index in [1.807, 2.05) is 48.8 Å². The van der Waals surface area contributed by atoms with Crippen LogP contribution in [0, 0.1) is 0 Å². The average Bonchev–Trinajstić information content (AvgIpc) is 3.39. The first-order valence-corrected chi connectivity index (χ1v) is 13.6. The number of likely N-dealkylation sites (N-methyl/N-ethyl adjacent to an activating group) is 1. The Morgan fingerprint density at radius 2 is 1.69 bits per heavy atom. The second kappa shape index (κ2) is 11.6. The summed E-state index contributed by atoms with van der Waals surface area (Å²) in [7, 11) is 2.17. The molecule has 0 spiro atoms. The van der Waals surface area contributed by atoms with Crippen LogP contribution in [0.5, 0.6) is 0 Å². The zero-order valence-electron chi connectivity index (χ0n) is 22.4. The van der Waals surface area contributed by atoms with Crippen LogP contribution in [-0.4, -0.2) is 95.3 Å². The number of fused-ring (bicyclic) bond motifs is 1. The fraction of sp³-hybridized carbons (Fsp3) is 0.367. The highest BCUT2D eigenvalue weighted by Crippen LogP contribution is 2.27. The molecule has 4 heterocycles. The van der Waals surface area contributed by atoms with E-state index >= 15 is 0 Å². The number of rotatable bonds is 7. The maximum Gasteiger partial charge on any atom is 0.276 e. The Morgan fingerprint density at radius 1 is 0.897 bits per heavy atom. The van der Waals surface area contributed by atoms with E-state index in [9.17, 15) is 4.79 Å². The minimum Gasteiger partial charge on any atom is -0.379 e. The SMILES string of the molecule is CN1CCN(Cc2cncc(-c3ccc4[nH]nc(C(=O)Nc5cccc(CN6CCOCC6)c5)c4c3)c2)CC1. The number of benzene rings is 2. The highest BCUT2D eigenvalue weighted by molar-refractivity contribution is 6.11. The molecule has 1 amide bonds. The largest absolute Gasteiger partial charge is 0.379 e. The molecule has 2 aromatic heterocycles. The number of ether oxygens (including phenoxy) is 1. The standard InChI is InChI=1S/C30H35N7O2/c1-35-7-9-36(10-8-35)21-23-15-25(19-31-18-23)24-5-6-28-27(17-24)29(34-33-28)30(38)32-26-4-2-3-22(16-26)20-37-11-13-39-14-12-37/h2-6,15-19H,7-14,20-21H2,1H3,(H,32,38)(H,33,34). The lowest BCUT2D eigenvalue weighted by Crippen LogP contribution is -2.43. The number of nitrogens with one attached hydrogen (secondary N) is 2. The molecule has 0 radical (unpaired) electrons. The summed E-state index contributed by atoms with van der Waals surface area (Å²) in [6.07, 6.45) is 3.83. The molecule has 9 heteroatoms. The van der Waals surface area contributed by atoms with Crippen molar-refractivity contribution in [1.82, 2.24) is 29.9 Å². The molecule has 2 fully saturated rings. The fourth-order valence-electron chi connectivity index (χ4n) is 5.32. The van der Waals surface area contributed by atoms with Crippen molar-refractivity contribution in [3.05, 3.63) is 77.7 Å². The smallest absolute Gasteiger partial charge is 0.276 e. The van der Waals surface area contributed by atoms with Crippen LogP contribution in [0.15, 0.2) is 60.9 Å². The van der Waals surface area contributed by atoms with Crippen LogP contribution in [0.25, 0.3) is 22.0 Å². The Morgan fingerprint density at radius 3 is 2.54 bits per heavy atom. The molecule has 39 heavy (non-hydrogen) atoms. The quantitative estimate of drug-likeness (QED) is 0.382. The van der Waals surface area contributed by atoms with Gasteiger partial charge < -0.3 is 15.0 Å². The van der Waals surface area contributed by atoms with Gasteiger partial charge in [0.05, 0.1) is 18.7 Å². The summed E-state index contributed by atoms with van der Waals surface area (Å²) in [4.78, 5) is 25.0. The maximum absolute atomic E-state index is 13.3. The van der Waals surface area contributed by atoms with Gasteiger partial charge in [0, 0.05) is 81.4 Å². The molecule has 2 aliphatic heterocycles. The van der Waals surface area contributed by atoms with Crippen molar-refractivity contribution in [3.63, 3.8) is 0 Å². The number of carbonyl (C=O) groups is 1. The first-order chi connectivity index (χ1) is 19.1. The zero-order chi connectivity index (χ0) is 26.6. The molecule has 6 rings (SSSR count). The van der Waals surface area contributed by atoms with Crippen molar-refractivity contribution < 1.29 is 9.53 Å². The Kier molecular flexibility index (Phi) is 7.64. The van der Waals surface area contributed by atoms with Crippen LogP contribution in [0.3, 0.4) is 0 Å². The molecule has 0 unspecified atom stereocenters. The number of amides is 1. The average molecular weight is 526 g/mol. The number of carbonyl (C=O) groups excluding carboxylic acids is 1. The predicted octanol–water partition coefficient (Wildman–Crippen LogP) is 3.46. The molecule has 0 aliphatic carbocycles. The van der Waals surface area contributed by atoms with E-state index in [1.165, 1.54) is 5.56 Å². The van der Waals surface area contributed by atoms with Crippen molar-refractivity contribution >= 4 is 22.5 Å². The molecule has 2 aliphatic rings. The second-order valence-electron chi connectivity index (χ2n) is 10.5. The van der Waals surface area contributed by atoms with E-state index in [0.29, 0.717) is 5.69 Å². The van der Waals surface area contributed by atoms with Gasteiger partial charge in [0.25, 0.3) is 5.91 Å². The number of aromatic nitrogens is 3. The summed E-state index contributed by atoms with van der Waals surface area (Å²) in [5.41, 5.74) is 6.37. The van der Waals surface area contributed by atoms with Crippen molar-refractivity contribution in [1.29, 1.82) is 0 Å². The second-order valence-corrected chi connectivity index (χ2v) is 10.5. The lowest BCUT2D eigenvalue weighted by atomic mass is 10.0. The summed E-state index contributed by atoms with van der Waals surface area (Å²) in [6.45, 7) is 9.42. The third-order valence-electron chi connectivity index (χ3n) is 7.60. The summed E-state index contributed by atoms with van der Waals surface area (Å²) in [6, 6.07) is 16.3. The summed E-state index contributed by atoms with van der Waals surface area (Å²) in [5.74, 6) is -0.233. The van der Waals surface area contributed by atoms with Gasteiger partial charge in [-0.1, -0.05) is 18.2 Å². The van der Waals surface area contributed by atoms with Gasteiger partial charge in [-0.25, -0.2) is 0 Å². The summed E-state index contributed by atoms with van der Waals surface area (Å²) < 4.78 is 5.45. The van der Waals surface area contributed by atoms with Gasteiger partial charge >= 0.3 is 0 Å². The molecule has 202 valence electrons. The van der Waals surface area contributed by atoms with Gasteiger partial charge in [-0.05, 0) is 54.1 Å². The monoisotopic (exact) mass is 525 g/mol. The topological polar surface area (TPSA) is 89.6 Å². The number of aromatic amines is 1. The Balaban J connectivity index is 1.18. The minimum absolute atomic E-state index is 0.233. The van der Waals surface area contributed by atoms with E-state index in [1.54, 1.807) is 0 Å². The number of hydrogen-bond donors (Lipinski definition) is 2. The number of hydrogen-bond acceptors (Lipinski definition) is 7. The van der Waals surface area contributed by atoms with E-state index < -0.39 is 0 Å². The normalized spacial score (nSPS) is 17.5. The minimum atomic E-state index is -0.233. The van der Waals surface area contributed by atoms with E-state index in [4.69, 9.17) is 4.74 Å². The molecule has 2 saturated heterocycles. The summed E-state index contributed by atoms with van der Waals surface area (Å²) in [5, 5.41) is 11.2. The first-order valence-electron chi connectivity index (χ1n) is 13.6. The van der Waals surface area contributed by atoms with Crippen LogP contribution in [-0.2, 0) is 17.8 Å². The van der Waals surface area contributed by atoms with Crippen molar-refractivity contribution in [2.75, 3.05) is 64.8 Å². The third kappa shape index (κ3) is 6.17. The lowest BCUT2D eigenvalue weighted by molar-refractivity contribution is 0.0342. The van der Waals surface area contributed by atoms with Gasteiger partial charge in [-0.15, -0.1) is 0 Å². The first kappa shape index (κ1) is 25.6. The van der Waals surface area contributed by atoms with Crippen LogP contribution in [0.2, 0.25) is 0 Å². The number of morpholine rings is 1. The van der Waals surface area contributed by atoms with Gasteiger partial charge in [-0.3, -0.25) is 24.7 Å². The highest BCUT2D eigenvalue weighted by Gasteiger charge is 2.18. The molecule has 0 saturated carbocycles. The van der Waals surface area contributed by atoms with Gasteiger partial charge in [0.1, 0.15) is 0 Å². The number of nitrogens with zero attached hydrogens (tertiary/aromatic N) is 5. The number of piperazine rings is 1. The molecule has 0 bridgehead atoms. The molecular formula is C30H35N7O2. The molecular weight excluding hydrogens is 490 g/mol. The van der Waals surface area contributed by atoms with Crippen LogP contribution >= 0.6 is 0 Å². The van der Waals surface area contributed by atoms with Crippen LogP contribution < -0.4 is 5.32 Å². The number of pyridine rings is 1. The molecule has 0 atom stereocenters. The zero-order valence-corrected chi connectivity index (χ0v) is 22.4. The Hall–Kier alpha value is -3.63. The van der Waals surface area contributed by atoms with E-state index in [-0.39, 0.29) is 5.91 Å². The van der Waals surface area contributed by atoms with Gasteiger partial charge in [0.2, 0.25) is 0 Å². The lowest BCUT2D eigenvalue weighted by Gasteiger charge is -2.32. The Bertz CT molecular complexity index is 1440. The van der Waals surface area contributed by atoms with Crippen LogP contribution in [0.4, 0.5) is 5.69 Å². The number of H-pyrrole nitrogens is 1. The summed E-state index contributed by atoms with van der Waals surface area (Å²) >= 11 is 0. The van der Waals surface area contributed by atoms with Gasteiger partial charge in [0.15, 0.2) is 5.69 Å². The predicted molar refractivity (Wildman–Crippen MR) is 153 cm³/mol. The van der Waals surface area contributed by atoms with Gasteiger partial charge in [-0.2, -0.15) is 5.10 Å². The van der Waals surface area contributed by atoms with Crippen molar-refractivity contribution in [2.24, 2.45) is 0 Å². The molecule has 4 aromatic rings. The molecule has 2 aromatic carbocycles. The fourth-order valence-corrected chi connectivity index (χ4v) is 5.32. The van der Waals surface area contributed by atoms with E-state index in [0.717, 1.165) is 98.9 Å². The van der Waals surface area contributed by atoms with Crippen molar-refractivity contribution in [3.8, 4) is 11.1 Å². The maximum atomic E-state index is 13.3. The third-order valence-corrected chi connectivity index (χ3v) is 7.60. The molecule has 9 nitrogen and oxygen atoms in total. The number of anilines is 1. The van der Waals surface area contributed by atoms with Crippen molar-refractivity contribution in [2.45, 2.75) is 13.1 Å².